The Hall–Kier alpha value is -7.41. The fourth-order valence-corrected chi connectivity index (χ4v) is 9.47. The van der Waals surface area contributed by atoms with E-state index in [1.165, 1.54) is 20.2 Å². The lowest BCUT2D eigenvalue weighted by atomic mass is 9.92. The van der Waals surface area contributed by atoms with Gasteiger partial charge in [-0.1, -0.05) is 133 Å². The van der Waals surface area contributed by atoms with Gasteiger partial charge in [-0.25, -0.2) is 15.0 Å². The number of aromatic nitrogens is 3. The highest BCUT2D eigenvalue weighted by Crippen LogP contribution is 2.45. The van der Waals surface area contributed by atoms with Crippen LogP contribution in [0.3, 0.4) is 0 Å². The van der Waals surface area contributed by atoms with Crippen molar-refractivity contribution in [3.8, 4) is 56.4 Å². The van der Waals surface area contributed by atoms with E-state index >= 15 is 0 Å². The Morgan fingerprint density at radius 2 is 0.947 bits per heavy atom. The molecule has 12 rings (SSSR count). The zero-order valence-corrected chi connectivity index (χ0v) is 31.1. The van der Waals surface area contributed by atoms with Crippen molar-refractivity contribution < 1.29 is 8.83 Å². The molecule has 6 heteroatoms. The predicted molar refractivity (Wildman–Crippen MR) is 234 cm³/mol. The third-order valence-electron chi connectivity index (χ3n) is 10.9. The molecule has 4 aromatic heterocycles. The topological polar surface area (TPSA) is 65.0 Å². The van der Waals surface area contributed by atoms with Gasteiger partial charge < -0.3 is 8.83 Å². The predicted octanol–water partition coefficient (Wildman–Crippen LogP) is 14.4. The van der Waals surface area contributed by atoms with E-state index in [-0.39, 0.29) is 0 Å². The number of furan rings is 2. The Kier molecular flexibility index (Phi) is 7.03. The molecular formula is C51H29N3O2S. The van der Waals surface area contributed by atoms with Crippen LogP contribution >= 0.6 is 11.3 Å². The molecular weight excluding hydrogens is 719 g/mol. The van der Waals surface area contributed by atoms with Gasteiger partial charge in [-0.2, -0.15) is 0 Å². The Labute approximate surface area is 330 Å². The quantitative estimate of drug-likeness (QED) is 0.175. The first-order valence-corrected chi connectivity index (χ1v) is 19.7. The monoisotopic (exact) mass is 747 g/mol. The van der Waals surface area contributed by atoms with Gasteiger partial charge in [0.1, 0.15) is 22.3 Å². The average Bonchev–Trinajstić information content (AvgIpc) is 3.97. The van der Waals surface area contributed by atoms with E-state index in [0.717, 1.165) is 82.8 Å². The third kappa shape index (κ3) is 5.12. The molecule has 0 aliphatic carbocycles. The summed E-state index contributed by atoms with van der Waals surface area (Å²) in [6.07, 6.45) is 0. The Morgan fingerprint density at radius 3 is 1.75 bits per heavy atom. The number of benzene rings is 8. The Balaban J connectivity index is 1.08. The van der Waals surface area contributed by atoms with Crippen molar-refractivity contribution in [1.29, 1.82) is 0 Å². The zero-order chi connectivity index (χ0) is 37.5. The second-order valence-electron chi connectivity index (χ2n) is 14.3. The highest BCUT2D eigenvalue weighted by molar-refractivity contribution is 7.25. The summed E-state index contributed by atoms with van der Waals surface area (Å²) < 4.78 is 16.0. The molecule has 8 aromatic carbocycles. The molecule has 4 heterocycles. The van der Waals surface area contributed by atoms with Crippen LogP contribution in [0.25, 0.3) is 120 Å². The SMILES string of the molecule is c1ccc(-c2nc(-c3ccccc3)nc(-c3cccc4c3oc3cccc(-c5cc(-c6ccc7c(c6)sc6ccccc67)c6c(c5)oc5ccccc56)c34)n2)cc1. The molecule has 0 saturated heterocycles. The van der Waals surface area contributed by atoms with E-state index in [1.807, 2.05) is 96.3 Å². The van der Waals surface area contributed by atoms with Crippen molar-refractivity contribution in [3.05, 3.63) is 176 Å². The number of rotatable bonds is 5. The Morgan fingerprint density at radius 1 is 0.333 bits per heavy atom. The number of hydrogen-bond acceptors (Lipinski definition) is 6. The van der Waals surface area contributed by atoms with E-state index in [9.17, 15) is 0 Å². The van der Waals surface area contributed by atoms with Gasteiger partial charge in [0.15, 0.2) is 17.5 Å². The molecule has 0 amide bonds. The van der Waals surface area contributed by atoms with Gasteiger partial charge in [0.2, 0.25) is 0 Å². The van der Waals surface area contributed by atoms with Crippen LogP contribution in [0.15, 0.2) is 185 Å². The molecule has 0 bridgehead atoms. The maximum absolute atomic E-state index is 6.80. The Bertz CT molecular complexity index is 3470. The molecule has 0 aliphatic rings. The average molecular weight is 748 g/mol. The fourth-order valence-electron chi connectivity index (χ4n) is 8.32. The van der Waals surface area contributed by atoms with Gasteiger partial charge in [-0.05, 0) is 64.7 Å². The third-order valence-corrected chi connectivity index (χ3v) is 12.1. The maximum atomic E-state index is 6.80. The number of fused-ring (bicyclic) bond motifs is 9. The van der Waals surface area contributed by atoms with Crippen LogP contribution in [0.1, 0.15) is 0 Å². The van der Waals surface area contributed by atoms with Crippen molar-refractivity contribution in [2.24, 2.45) is 0 Å². The zero-order valence-electron chi connectivity index (χ0n) is 30.3. The number of hydrogen-bond donors (Lipinski definition) is 0. The summed E-state index contributed by atoms with van der Waals surface area (Å²) in [5.74, 6) is 1.76. The van der Waals surface area contributed by atoms with Crippen molar-refractivity contribution in [1.82, 2.24) is 15.0 Å². The standard InChI is InChI=1S/C51H29N3O2S/c1-3-13-30(14-4-1)49-52-50(31-15-5-2-6-16-31)54-51(53-49)39-21-11-20-38-46-34(19-12-23-42(46)56-48(38)39)33-27-40(47-37-18-7-9-22-41(37)55-43(47)28-33)32-25-26-36-35-17-8-10-24-44(35)57-45(36)29-32/h1-29H. The molecule has 57 heavy (non-hydrogen) atoms. The molecule has 0 saturated carbocycles. The number of para-hydroxylation sites is 2. The van der Waals surface area contributed by atoms with Gasteiger partial charge in [0.25, 0.3) is 0 Å². The van der Waals surface area contributed by atoms with E-state index < -0.39 is 0 Å². The van der Waals surface area contributed by atoms with Gasteiger partial charge in [-0.15, -0.1) is 11.3 Å². The molecule has 0 fully saturated rings. The highest BCUT2D eigenvalue weighted by atomic mass is 32.1. The van der Waals surface area contributed by atoms with Crippen molar-refractivity contribution >= 4 is 75.4 Å². The van der Waals surface area contributed by atoms with E-state index in [4.69, 9.17) is 23.8 Å². The van der Waals surface area contributed by atoms with Crippen LogP contribution in [-0.4, -0.2) is 15.0 Å². The molecule has 5 nitrogen and oxygen atoms in total. The molecule has 0 N–H and O–H groups in total. The molecule has 0 radical (unpaired) electrons. The second kappa shape index (κ2) is 12.6. The summed E-state index contributed by atoms with van der Waals surface area (Å²) in [6.45, 7) is 0. The normalized spacial score (nSPS) is 11.9. The molecule has 0 atom stereocenters. The molecule has 0 unspecified atom stereocenters. The highest BCUT2D eigenvalue weighted by Gasteiger charge is 2.22. The summed E-state index contributed by atoms with van der Waals surface area (Å²) in [4.78, 5) is 15.0. The van der Waals surface area contributed by atoms with Gasteiger partial charge >= 0.3 is 0 Å². The summed E-state index contributed by atoms with van der Waals surface area (Å²) >= 11 is 1.84. The molecule has 266 valence electrons. The lowest BCUT2D eigenvalue weighted by molar-refractivity contribution is 0.668. The lowest BCUT2D eigenvalue weighted by Crippen LogP contribution is -2.00. The van der Waals surface area contributed by atoms with Crippen LogP contribution in [0.2, 0.25) is 0 Å². The van der Waals surface area contributed by atoms with Crippen molar-refractivity contribution in [2.75, 3.05) is 0 Å². The van der Waals surface area contributed by atoms with Crippen molar-refractivity contribution in [3.63, 3.8) is 0 Å². The maximum Gasteiger partial charge on any atom is 0.167 e. The van der Waals surface area contributed by atoms with Gasteiger partial charge in [0, 0.05) is 52.8 Å². The minimum atomic E-state index is 0.552. The number of nitrogens with zero attached hydrogens (tertiary/aromatic N) is 3. The summed E-state index contributed by atoms with van der Waals surface area (Å²) in [7, 11) is 0. The van der Waals surface area contributed by atoms with Crippen LogP contribution in [-0.2, 0) is 0 Å². The largest absolute Gasteiger partial charge is 0.456 e. The first-order chi connectivity index (χ1) is 28.2. The summed E-state index contributed by atoms with van der Waals surface area (Å²) in [5, 5.41) is 6.79. The van der Waals surface area contributed by atoms with E-state index in [1.54, 1.807) is 0 Å². The van der Waals surface area contributed by atoms with Crippen LogP contribution in [0, 0.1) is 0 Å². The van der Waals surface area contributed by atoms with E-state index in [0.29, 0.717) is 17.5 Å². The fraction of sp³-hybridized carbons (Fsp3) is 0. The minimum Gasteiger partial charge on any atom is -0.456 e. The molecule has 12 aromatic rings. The smallest absolute Gasteiger partial charge is 0.167 e. The first-order valence-electron chi connectivity index (χ1n) is 18.9. The molecule has 0 aliphatic heterocycles. The minimum absolute atomic E-state index is 0.552. The van der Waals surface area contributed by atoms with Crippen LogP contribution in [0.5, 0.6) is 0 Å². The van der Waals surface area contributed by atoms with Crippen LogP contribution in [0.4, 0.5) is 0 Å². The number of thiophene rings is 1. The molecule has 0 spiro atoms. The van der Waals surface area contributed by atoms with Crippen LogP contribution < -0.4 is 0 Å². The first kappa shape index (κ1) is 31.9. The lowest BCUT2D eigenvalue weighted by Gasteiger charge is -2.10. The second-order valence-corrected chi connectivity index (χ2v) is 15.4. The summed E-state index contributed by atoms with van der Waals surface area (Å²) in [6, 6.07) is 60.9. The van der Waals surface area contributed by atoms with Crippen molar-refractivity contribution in [2.45, 2.75) is 0 Å². The van der Waals surface area contributed by atoms with E-state index in [2.05, 4.69) is 91.0 Å². The summed E-state index contributed by atoms with van der Waals surface area (Å²) in [5.41, 5.74) is 10.2. The van der Waals surface area contributed by atoms with Gasteiger partial charge in [-0.3, -0.25) is 0 Å². The van der Waals surface area contributed by atoms with Gasteiger partial charge in [0.05, 0.1) is 5.56 Å².